The van der Waals surface area contributed by atoms with Gasteiger partial charge >= 0.3 is 0 Å². The molecule has 2 aliphatic heterocycles. The predicted molar refractivity (Wildman–Crippen MR) is 128 cm³/mol. The largest absolute Gasteiger partial charge is 0.495 e. The fourth-order valence-corrected chi connectivity index (χ4v) is 6.30. The van der Waals surface area contributed by atoms with Gasteiger partial charge in [-0.2, -0.15) is 4.31 Å². The second kappa shape index (κ2) is 11.6. The quantitative estimate of drug-likeness (QED) is 0.395. The lowest BCUT2D eigenvalue weighted by Crippen LogP contribution is -2.48. The fourth-order valence-electron chi connectivity index (χ4n) is 4.49. The summed E-state index contributed by atoms with van der Waals surface area (Å²) in [6, 6.07) is 5.11. The SMILES string of the molecule is COc1ccc(S(=O)(=O)N2CCCC(C)C2)cc1N1CCN(C(=O)CCCCCCl)CC1. The normalized spacial score (nSPS) is 20.4. The van der Waals surface area contributed by atoms with Crippen LogP contribution in [0, 0.1) is 5.92 Å². The maximum Gasteiger partial charge on any atom is 0.243 e. The monoisotopic (exact) mass is 485 g/mol. The molecule has 7 nitrogen and oxygen atoms in total. The molecule has 0 aliphatic carbocycles. The molecule has 0 aromatic heterocycles. The summed E-state index contributed by atoms with van der Waals surface area (Å²) in [5, 5.41) is 0. The number of anilines is 1. The molecule has 3 rings (SSSR count). The van der Waals surface area contributed by atoms with Crippen LogP contribution in [0.5, 0.6) is 5.75 Å². The summed E-state index contributed by atoms with van der Waals surface area (Å²) < 4.78 is 33.7. The van der Waals surface area contributed by atoms with E-state index in [4.69, 9.17) is 16.3 Å². The summed E-state index contributed by atoms with van der Waals surface area (Å²) in [7, 11) is -1.95. The number of nitrogens with zero attached hydrogens (tertiary/aromatic N) is 3. The molecule has 0 bridgehead atoms. The second-order valence-corrected chi connectivity index (χ2v) is 11.1. The third kappa shape index (κ3) is 6.08. The maximum atomic E-state index is 13.3. The van der Waals surface area contributed by atoms with Crippen molar-refractivity contribution in [2.45, 2.75) is 50.3 Å². The van der Waals surface area contributed by atoms with E-state index in [9.17, 15) is 13.2 Å². The zero-order chi connectivity index (χ0) is 23.1. The first kappa shape index (κ1) is 25.1. The van der Waals surface area contributed by atoms with Crippen LogP contribution < -0.4 is 9.64 Å². The van der Waals surface area contributed by atoms with Crippen LogP contribution >= 0.6 is 11.6 Å². The van der Waals surface area contributed by atoms with Crippen molar-refractivity contribution in [3.63, 3.8) is 0 Å². The van der Waals surface area contributed by atoms with E-state index in [1.807, 2.05) is 4.90 Å². The molecule has 180 valence electrons. The molecular formula is C23H36ClN3O4S. The van der Waals surface area contributed by atoms with Gasteiger partial charge in [0, 0.05) is 51.6 Å². The molecule has 0 saturated carbocycles. The second-order valence-electron chi connectivity index (χ2n) is 8.81. The molecule has 32 heavy (non-hydrogen) atoms. The zero-order valence-electron chi connectivity index (χ0n) is 19.3. The van der Waals surface area contributed by atoms with Crippen LogP contribution in [0.4, 0.5) is 5.69 Å². The molecule has 1 unspecified atom stereocenters. The highest BCUT2D eigenvalue weighted by molar-refractivity contribution is 7.89. The summed E-state index contributed by atoms with van der Waals surface area (Å²) in [4.78, 5) is 16.8. The van der Waals surface area contributed by atoms with E-state index < -0.39 is 10.0 Å². The van der Waals surface area contributed by atoms with E-state index >= 15 is 0 Å². The number of sulfonamides is 1. The van der Waals surface area contributed by atoms with Gasteiger partial charge in [0.15, 0.2) is 0 Å². The number of piperazine rings is 1. The summed E-state index contributed by atoms with van der Waals surface area (Å²) in [5.74, 6) is 1.84. The van der Waals surface area contributed by atoms with Crippen LogP contribution in [0.1, 0.15) is 45.4 Å². The Balaban J connectivity index is 1.68. The molecule has 1 atom stereocenters. The number of halogens is 1. The number of piperidine rings is 1. The van der Waals surface area contributed by atoms with Crippen molar-refractivity contribution in [3.05, 3.63) is 18.2 Å². The minimum absolute atomic E-state index is 0.182. The van der Waals surface area contributed by atoms with Crippen LogP contribution in [0.3, 0.4) is 0 Å². The van der Waals surface area contributed by atoms with Crippen LogP contribution in [0.25, 0.3) is 0 Å². The topological polar surface area (TPSA) is 70.2 Å². The predicted octanol–water partition coefficient (Wildman–Crippen LogP) is 3.56. The van der Waals surface area contributed by atoms with Crippen molar-refractivity contribution in [2.75, 3.05) is 57.2 Å². The Morgan fingerprint density at radius 3 is 2.53 bits per heavy atom. The van der Waals surface area contributed by atoms with E-state index in [-0.39, 0.29) is 5.91 Å². The number of hydrogen-bond acceptors (Lipinski definition) is 5. The van der Waals surface area contributed by atoms with Crippen LogP contribution in [0.15, 0.2) is 23.1 Å². The van der Waals surface area contributed by atoms with Crippen molar-refractivity contribution in [1.82, 2.24) is 9.21 Å². The van der Waals surface area contributed by atoms with E-state index in [1.54, 1.807) is 29.6 Å². The number of methoxy groups -OCH3 is 1. The first-order valence-corrected chi connectivity index (χ1v) is 13.6. The van der Waals surface area contributed by atoms with E-state index in [2.05, 4.69) is 11.8 Å². The Kier molecular flexibility index (Phi) is 9.08. The Morgan fingerprint density at radius 2 is 1.88 bits per heavy atom. The van der Waals surface area contributed by atoms with E-state index in [0.29, 0.717) is 68.1 Å². The summed E-state index contributed by atoms with van der Waals surface area (Å²) >= 11 is 5.70. The molecule has 0 N–H and O–H groups in total. The van der Waals surface area contributed by atoms with E-state index in [1.165, 1.54) is 0 Å². The van der Waals surface area contributed by atoms with E-state index in [0.717, 1.165) is 37.8 Å². The first-order chi connectivity index (χ1) is 15.4. The first-order valence-electron chi connectivity index (χ1n) is 11.6. The van der Waals surface area contributed by atoms with Crippen molar-refractivity contribution >= 4 is 33.2 Å². The highest BCUT2D eigenvalue weighted by Crippen LogP contribution is 2.33. The smallest absolute Gasteiger partial charge is 0.243 e. The van der Waals surface area contributed by atoms with Gasteiger partial charge in [-0.3, -0.25) is 4.79 Å². The maximum absolute atomic E-state index is 13.3. The lowest BCUT2D eigenvalue weighted by atomic mass is 10.0. The Labute approximate surface area is 197 Å². The van der Waals surface area contributed by atoms with Crippen molar-refractivity contribution in [1.29, 1.82) is 0 Å². The fraction of sp³-hybridized carbons (Fsp3) is 0.696. The third-order valence-corrected chi connectivity index (χ3v) is 8.53. The molecule has 0 spiro atoms. The van der Waals surface area contributed by atoms with Crippen molar-refractivity contribution < 1.29 is 17.9 Å². The van der Waals surface area contributed by atoms with Crippen molar-refractivity contribution in [3.8, 4) is 5.75 Å². The Morgan fingerprint density at radius 1 is 1.12 bits per heavy atom. The Bertz CT molecular complexity index is 872. The highest BCUT2D eigenvalue weighted by atomic mass is 35.5. The summed E-state index contributed by atoms with van der Waals surface area (Å²) in [6.07, 6.45) is 5.30. The third-order valence-electron chi connectivity index (χ3n) is 6.41. The number of alkyl halides is 1. The molecule has 1 amide bonds. The van der Waals surface area contributed by atoms with Gasteiger partial charge in [-0.25, -0.2) is 8.42 Å². The highest BCUT2D eigenvalue weighted by Gasteiger charge is 2.30. The molecule has 2 heterocycles. The minimum Gasteiger partial charge on any atom is -0.495 e. The summed E-state index contributed by atoms with van der Waals surface area (Å²) in [5.41, 5.74) is 0.771. The molecule has 1 aromatic carbocycles. The number of carbonyl (C=O) groups excluding carboxylic acids is 1. The standard InChI is InChI=1S/C23H36ClN3O4S/c1-19-7-6-12-27(18-19)32(29,30)20-9-10-22(31-2)21(17-20)25-13-15-26(16-14-25)23(28)8-4-3-5-11-24/h9-10,17,19H,3-8,11-16,18H2,1-2H3. The minimum atomic E-state index is -3.54. The summed E-state index contributed by atoms with van der Waals surface area (Å²) in [6.45, 7) is 5.77. The van der Waals surface area contributed by atoms with Crippen molar-refractivity contribution in [2.24, 2.45) is 5.92 Å². The molecule has 2 fully saturated rings. The number of amides is 1. The molecule has 2 aliphatic rings. The number of benzene rings is 1. The number of rotatable bonds is 9. The molecule has 1 aromatic rings. The van der Waals surface area contributed by atoms with Gasteiger partial charge < -0.3 is 14.5 Å². The Hall–Kier alpha value is -1.51. The van der Waals surface area contributed by atoms with Gasteiger partial charge in [0.25, 0.3) is 0 Å². The average molecular weight is 486 g/mol. The van der Waals surface area contributed by atoms with Crippen LogP contribution in [-0.4, -0.2) is 75.8 Å². The van der Waals surface area contributed by atoms with Gasteiger partial charge in [-0.1, -0.05) is 13.3 Å². The molecule has 9 heteroatoms. The average Bonchev–Trinajstić information content (AvgIpc) is 2.81. The number of carbonyl (C=O) groups is 1. The van der Waals surface area contributed by atoms with Gasteiger partial charge in [-0.05, 0) is 49.8 Å². The van der Waals surface area contributed by atoms with Crippen LogP contribution in [0.2, 0.25) is 0 Å². The molecule has 2 saturated heterocycles. The zero-order valence-corrected chi connectivity index (χ0v) is 20.8. The molecular weight excluding hydrogens is 450 g/mol. The van der Waals surface area contributed by atoms with Crippen LogP contribution in [-0.2, 0) is 14.8 Å². The lowest BCUT2D eigenvalue weighted by Gasteiger charge is -2.37. The van der Waals surface area contributed by atoms with Gasteiger partial charge in [0.1, 0.15) is 5.75 Å². The number of ether oxygens (including phenoxy) is 1. The lowest BCUT2D eigenvalue weighted by molar-refractivity contribution is -0.131. The molecule has 0 radical (unpaired) electrons. The van der Waals surface area contributed by atoms with Gasteiger partial charge in [0.2, 0.25) is 15.9 Å². The number of unbranched alkanes of at least 4 members (excludes halogenated alkanes) is 2. The van der Waals surface area contributed by atoms with Gasteiger partial charge in [-0.15, -0.1) is 11.6 Å². The number of hydrogen-bond donors (Lipinski definition) is 0. The van der Waals surface area contributed by atoms with Gasteiger partial charge in [0.05, 0.1) is 17.7 Å².